The number of hydrogen-bond donors (Lipinski definition) is 1. The van der Waals surface area contributed by atoms with Gasteiger partial charge >= 0.3 is 0 Å². The van der Waals surface area contributed by atoms with Gasteiger partial charge in [0.25, 0.3) is 15.0 Å². The van der Waals surface area contributed by atoms with Crippen LogP contribution in [0.25, 0.3) is 0 Å². The smallest absolute Gasteiger partial charge is 0.261 e. The molecule has 9 heteroatoms. The van der Waals surface area contributed by atoms with E-state index < -0.39 is 32.7 Å². The van der Waals surface area contributed by atoms with Gasteiger partial charge in [0, 0.05) is 34.0 Å². The maximum atomic E-state index is 13.3. The van der Waals surface area contributed by atoms with Crippen LogP contribution in [0.3, 0.4) is 0 Å². The van der Waals surface area contributed by atoms with Gasteiger partial charge in [-0.15, -0.1) is 0 Å². The Morgan fingerprint density at radius 1 is 0.968 bits per heavy atom. The number of para-hydroxylation sites is 1. The summed E-state index contributed by atoms with van der Waals surface area (Å²) in [7, 11) is 1.44. The van der Waals surface area contributed by atoms with Gasteiger partial charge in [0.05, 0.1) is 4.90 Å². The van der Waals surface area contributed by atoms with Gasteiger partial charge in [-0.3, -0.25) is 14.5 Å². The topological polar surface area (TPSA) is 83.6 Å². The molecule has 0 aliphatic carbocycles. The summed E-state index contributed by atoms with van der Waals surface area (Å²) in [6.45, 7) is 0. The van der Waals surface area contributed by atoms with E-state index in [-0.39, 0.29) is 10.5 Å². The van der Waals surface area contributed by atoms with E-state index >= 15 is 0 Å². The zero-order chi connectivity index (χ0) is 22.2. The molecule has 4 rings (SSSR count). The van der Waals surface area contributed by atoms with Gasteiger partial charge < -0.3 is 5.32 Å². The van der Waals surface area contributed by atoms with E-state index in [0.29, 0.717) is 17.8 Å². The van der Waals surface area contributed by atoms with Crippen LogP contribution in [-0.4, -0.2) is 26.3 Å². The van der Waals surface area contributed by atoms with E-state index in [1.54, 1.807) is 12.1 Å². The molecular formula is C22H16ClFN2O4S. The summed E-state index contributed by atoms with van der Waals surface area (Å²) in [5, 5.41) is 2.71. The average Bonchev–Trinajstić information content (AvgIpc) is 3.13. The number of anilines is 2. The lowest BCUT2D eigenvalue weighted by molar-refractivity contribution is -0.117. The second kappa shape index (κ2) is 8.13. The minimum absolute atomic E-state index is 0.0893. The van der Waals surface area contributed by atoms with Gasteiger partial charge in [-0.25, -0.2) is 12.8 Å². The minimum atomic E-state index is -3.87. The van der Waals surface area contributed by atoms with Crippen molar-refractivity contribution in [2.75, 3.05) is 10.2 Å². The Hall–Kier alpha value is -3.23. The molecule has 3 aromatic carbocycles. The first-order chi connectivity index (χ1) is 14.7. The van der Waals surface area contributed by atoms with Crippen molar-refractivity contribution >= 4 is 42.9 Å². The van der Waals surface area contributed by atoms with Gasteiger partial charge in [-0.1, -0.05) is 18.2 Å². The maximum Gasteiger partial charge on any atom is 0.261 e. The molecule has 0 aromatic heterocycles. The molecular weight excluding hydrogens is 443 g/mol. The molecule has 1 heterocycles. The third kappa shape index (κ3) is 4.30. The van der Waals surface area contributed by atoms with Crippen LogP contribution >= 0.6 is 10.7 Å². The number of amides is 2. The van der Waals surface area contributed by atoms with Crippen molar-refractivity contribution in [2.45, 2.75) is 17.4 Å². The van der Waals surface area contributed by atoms with Gasteiger partial charge in [-0.2, -0.15) is 0 Å². The summed E-state index contributed by atoms with van der Waals surface area (Å²) in [5.74, 6) is -1.32. The maximum absolute atomic E-state index is 13.3. The summed E-state index contributed by atoms with van der Waals surface area (Å²) in [4.78, 5) is 27.6. The number of rotatable bonds is 4. The Bertz CT molecular complexity index is 1260. The Balaban J connectivity index is 1.62. The number of fused-ring (bicyclic) bond motifs is 1. The number of carbonyl (C=O) groups excluding carboxylic acids is 2. The number of benzene rings is 3. The fourth-order valence-corrected chi connectivity index (χ4v) is 4.27. The molecule has 2 amide bonds. The average molecular weight is 459 g/mol. The fourth-order valence-electron chi connectivity index (χ4n) is 3.50. The SMILES string of the molecule is O=C(Nc1ccc(S(=O)(=O)Cl)cc1)C1Cc2ccccc2N1C(=O)c1ccc(F)cc1. The molecule has 0 fully saturated rings. The van der Waals surface area contributed by atoms with Crippen LogP contribution in [0, 0.1) is 5.82 Å². The normalized spacial score (nSPS) is 15.4. The zero-order valence-corrected chi connectivity index (χ0v) is 17.5. The Labute approximate surface area is 182 Å². The number of halogens is 2. The van der Waals surface area contributed by atoms with Crippen LogP contribution in [0.1, 0.15) is 15.9 Å². The summed E-state index contributed by atoms with van der Waals surface area (Å²) in [5.41, 5.74) is 2.06. The molecule has 3 aromatic rings. The van der Waals surface area contributed by atoms with E-state index in [2.05, 4.69) is 5.32 Å². The van der Waals surface area contributed by atoms with Crippen LogP contribution in [0.4, 0.5) is 15.8 Å². The molecule has 0 bridgehead atoms. The van der Waals surface area contributed by atoms with Crippen LogP contribution in [0.2, 0.25) is 0 Å². The van der Waals surface area contributed by atoms with Crippen molar-refractivity contribution in [3.05, 3.63) is 89.7 Å². The van der Waals surface area contributed by atoms with Crippen LogP contribution in [0.15, 0.2) is 77.7 Å². The molecule has 1 aliphatic rings. The lowest BCUT2D eigenvalue weighted by atomic mass is 10.1. The molecule has 1 atom stereocenters. The lowest BCUT2D eigenvalue weighted by Gasteiger charge is -2.25. The molecule has 31 heavy (non-hydrogen) atoms. The van der Waals surface area contributed by atoms with Crippen molar-refractivity contribution < 1.29 is 22.4 Å². The highest BCUT2D eigenvalue weighted by Gasteiger charge is 2.38. The Kier molecular flexibility index (Phi) is 5.51. The number of hydrogen-bond acceptors (Lipinski definition) is 4. The van der Waals surface area contributed by atoms with E-state index in [1.807, 2.05) is 12.1 Å². The number of nitrogens with one attached hydrogen (secondary N) is 1. The van der Waals surface area contributed by atoms with Gasteiger partial charge in [0.15, 0.2) is 0 Å². The molecule has 158 valence electrons. The molecule has 1 aliphatic heterocycles. The van der Waals surface area contributed by atoms with Crippen molar-refractivity contribution in [1.29, 1.82) is 0 Å². The van der Waals surface area contributed by atoms with E-state index in [1.165, 1.54) is 53.4 Å². The van der Waals surface area contributed by atoms with E-state index in [9.17, 15) is 22.4 Å². The number of nitrogens with zero attached hydrogens (tertiary/aromatic N) is 1. The second-order valence-electron chi connectivity index (χ2n) is 6.98. The summed E-state index contributed by atoms with van der Waals surface area (Å²) in [6, 6.07) is 16.9. The molecule has 0 spiro atoms. The summed E-state index contributed by atoms with van der Waals surface area (Å²) >= 11 is 0. The van der Waals surface area contributed by atoms with Crippen LogP contribution in [-0.2, 0) is 20.3 Å². The Morgan fingerprint density at radius 3 is 2.26 bits per heavy atom. The standard InChI is InChI=1S/C22H16ClFN2O4S/c23-31(29,30)18-11-9-17(10-12-18)25-21(27)20-13-15-3-1-2-4-19(15)26(20)22(28)14-5-7-16(24)8-6-14/h1-12,20H,13H2,(H,25,27). The fraction of sp³-hybridized carbons (Fsp3) is 0.0909. The van der Waals surface area contributed by atoms with Crippen molar-refractivity contribution in [1.82, 2.24) is 0 Å². The first kappa shape index (κ1) is 21.0. The largest absolute Gasteiger partial charge is 0.324 e. The summed E-state index contributed by atoms with van der Waals surface area (Å²) < 4.78 is 36.1. The van der Waals surface area contributed by atoms with Crippen LogP contribution in [0.5, 0.6) is 0 Å². The predicted octanol–water partition coefficient (Wildman–Crippen LogP) is 3.96. The van der Waals surface area contributed by atoms with Crippen molar-refractivity contribution in [2.24, 2.45) is 0 Å². The molecule has 1 unspecified atom stereocenters. The monoisotopic (exact) mass is 458 g/mol. The second-order valence-corrected chi connectivity index (χ2v) is 9.55. The highest BCUT2D eigenvalue weighted by Crippen LogP contribution is 2.34. The van der Waals surface area contributed by atoms with Gasteiger partial charge in [0.2, 0.25) is 5.91 Å². The van der Waals surface area contributed by atoms with Gasteiger partial charge in [-0.05, 0) is 60.2 Å². The van der Waals surface area contributed by atoms with E-state index in [4.69, 9.17) is 10.7 Å². The zero-order valence-electron chi connectivity index (χ0n) is 16.0. The number of carbonyl (C=O) groups is 2. The van der Waals surface area contributed by atoms with E-state index in [0.717, 1.165) is 5.56 Å². The predicted molar refractivity (Wildman–Crippen MR) is 115 cm³/mol. The molecule has 1 N–H and O–H groups in total. The van der Waals surface area contributed by atoms with Gasteiger partial charge in [0.1, 0.15) is 11.9 Å². The highest BCUT2D eigenvalue weighted by atomic mass is 35.7. The first-order valence-electron chi connectivity index (χ1n) is 9.26. The molecule has 6 nitrogen and oxygen atoms in total. The minimum Gasteiger partial charge on any atom is -0.324 e. The third-order valence-electron chi connectivity index (χ3n) is 4.99. The van der Waals surface area contributed by atoms with Crippen molar-refractivity contribution in [3.63, 3.8) is 0 Å². The highest BCUT2D eigenvalue weighted by molar-refractivity contribution is 8.13. The summed E-state index contributed by atoms with van der Waals surface area (Å²) in [6.07, 6.45) is 0.309. The van der Waals surface area contributed by atoms with Crippen LogP contribution < -0.4 is 10.2 Å². The first-order valence-corrected chi connectivity index (χ1v) is 11.6. The molecule has 0 saturated carbocycles. The molecule has 0 saturated heterocycles. The quantitative estimate of drug-likeness (QED) is 0.600. The Morgan fingerprint density at radius 2 is 1.61 bits per heavy atom. The van der Waals surface area contributed by atoms with Crippen molar-refractivity contribution in [3.8, 4) is 0 Å². The molecule has 0 radical (unpaired) electrons. The third-order valence-corrected chi connectivity index (χ3v) is 6.36. The lowest BCUT2D eigenvalue weighted by Crippen LogP contribution is -2.45.